The summed E-state index contributed by atoms with van der Waals surface area (Å²) in [5.41, 5.74) is 2.49. The van der Waals surface area contributed by atoms with E-state index >= 15 is 0 Å². The SMILES string of the molecule is CCOc1ccc(F)c(-c2cc(C)nc([C@H]3CC[C@@]4(CCN(C)C4=O)N3)c2)c1.Cl. The van der Waals surface area contributed by atoms with Gasteiger partial charge in [-0.05, 0) is 69.0 Å². The normalized spacial score (nSPS) is 23.5. The highest BCUT2D eigenvalue weighted by Crippen LogP contribution is 2.39. The Morgan fingerprint density at radius 3 is 2.79 bits per heavy atom. The summed E-state index contributed by atoms with van der Waals surface area (Å²) in [5, 5.41) is 3.54. The maximum absolute atomic E-state index is 14.5. The van der Waals surface area contributed by atoms with Gasteiger partial charge in [0.15, 0.2) is 0 Å². The molecule has 7 heteroatoms. The second-order valence-electron chi connectivity index (χ2n) is 7.79. The lowest BCUT2D eigenvalue weighted by Crippen LogP contribution is -2.47. The van der Waals surface area contributed by atoms with E-state index in [-0.39, 0.29) is 30.2 Å². The number of amides is 1. The molecule has 156 valence electrons. The van der Waals surface area contributed by atoms with E-state index in [1.165, 1.54) is 6.07 Å². The van der Waals surface area contributed by atoms with Crippen LogP contribution >= 0.6 is 12.4 Å². The second kappa shape index (κ2) is 8.28. The Hall–Kier alpha value is -2.18. The Bertz CT molecular complexity index is 923. The Morgan fingerprint density at radius 1 is 1.31 bits per heavy atom. The highest BCUT2D eigenvalue weighted by atomic mass is 35.5. The number of likely N-dealkylation sites (N-methyl/N-ethyl adjacent to an activating group) is 1. The molecule has 1 amide bonds. The van der Waals surface area contributed by atoms with Gasteiger partial charge in [-0.25, -0.2) is 4.39 Å². The van der Waals surface area contributed by atoms with Gasteiger partial charge in [0, 0.05) is 24.8 Å². The van der Waals surface area contributed by atoms with E-state index in [0.717, 1.165) is 42.8 Å². The Kier molecular flexibility index (Phi) is 6.15. The molecule has 1 aromatic carbocycles. The number of pyridine rings is 1. The molecule has 1 N–H and O–H groups in total. The van der Waals surface area contributed by atoms with Gasteiger partial charge in [0.2, 0.25) is 5.91 Å². The third-order valence-corrected chi connectivity index (χ3v) is 5.83. The Morgan fingerprint density at radius 2 is 2.10 bits per heavy atom. The highest BCUT2D eigenvalue weighted by Gasteiger charge is 2.50. The average Bonchev–Trinajstić information content (AvgIpc) is 3.23. The van der Waals surface area contributed by atoms with Gasteiger partial charge in [-0.1, -0.05) is 0 Å². The van der Waals surface area contributed by atoms with E-state index in [0.29, 0.717) is 17.9 Å². The van der Waals surface area contributed by atoms with E-state index < -0.39 is 5.54 Å². The molecule has 0 unspecified atom stereocenters. The lowest BCUT2D eigenvalue weighted by Gasteiger charge is -2.23. The predicted octanol–water partition coefficient (Wildman–Crippen LogP) is 4.04. The molecule has 2 aromatic rings. The van der Waals surface area contributed by atoms with Gasteiger partial charge in [0.1, 0.15) is 17.1 Å². The van der Waals surface area contributed by atoms with E-state index in [2.05, 4.69) is 10.3 Å². The molecule has 4 rings (SSSR count). The number of halogens is 2. The number of likely N-dealkylation sites (tertiary alicyclic amines) is 1. The van der Waals surface area contributed by atoms with Crippen LogP contribution < -0.4 is 10.1 Å². The van der Waals surface area contributed by atoms with Crippen molar-refractivity contribution in [3.63, 3.8) is 0 Å². The number of nitrogens with one attached hydrogen (secondary N) is 1. The zero-order valence-corrected chi connectivity index (χ0v) is 17.8. The van der Waals surface area contributed by atoms with Crippen LogP contribution in [0.3, 0.4) is 0 Å². The summed E-state index contributed by atoms with van der Waals surface area (Å²) in [6, 6.07) is 8.62. The van der Waals surface area contributed by atoms with Crippen LogP contribution in [0.15, 0.2) is 30.3 Å². The molecule has 2 atom stereocenters. The van der Waals surface area contributed by atoms with Gasteiger partial charge >= 0.3 is 0 Å². The summed E-state index contributed by atoms with van der Waals surface area (Å²) in [4.78, 5) is 19.1. The molecule has 0 bridgehead atoms. The quantitative estimate of drug-likeness (QED) is 0.812. The van der Waals surface area contributed by atoms with Crippen LogP contribution in [-0.2, 0) is 4.79 Å². The third-order valence-electron chi connectivity index (χ3n) is 5.83. The minimum Gasteiger partial charge on any atom is -0.494 e. The summed E-state index contributed by atoms with van der Waals surface area (Å²) >= 11 is 0. The van der Waals surface area contributed by atoms with Crippen molar-refractivity contribution < 1.29 is 13.9 Å². The maximum atomic E-state index is 14.5. The van der Waals surface area contributed by atoms with Crippen molar-refractivity contribution in [2.24, 2.45) is 0 Å². The number of hydrogen-bond donors (Lipinski definition) is 1. The summed E-state index contributed by atoms with van der Waals surface area (Å²) in [6.45, 7) is 5.13. The van der Waals surface area contributed by atoms with Gasteiger partial charge in [-0.15, -0.1) is 12.4 Å². The number of aromatic nitrogens is 1. The van der Waals surface area contributed by atoms with Crippen molar-refractivity contribution in [2.45, 2.75) is 44.7 Å². The standard InChI is InChI=1S/C22H26FN3O2.ClH/c1-4-28-16-5-6-18(23)17(13-16)15-11-14(2)24-20(12-15)19-7-8-22(25-19)9-10-26(3)21(22)27;/h5-6,11-13,19,25H,4,7-10H2,1-3H3;1H/t19-,22+;/m1./s1. The fourth-order valence-corrected chi connectivity index (χ4v) is 4.40. The number of carbonyl (C=O) groups is 1. The van der Waals surface area contributed by atoms with Crippen LogP contribution in [0, 0.1) is 12.7 Å². The van der Waals surface area contributed by atoms with Gasteiger partial charge < -0.3 is 9.64 Å². The van der Waals surface area contributed by atoms with Crippen molar-refractivity contribution in [1.29, 1.82) is 0 Å². The summed E-state index contributed by atoms with van der Waals surface area (Å²) in [6.07, 6.45) is 2.47. The number of hydrogen-bond acceptors (Lipinski definition) is 4. The van der Waals surface area contributed by atoms with E-state index in [4.69, 9.17) is 4.74 Å². The van der Waals surface area contributed by atoms with Crippen molar-refractivity contribution in [3.05, 3.63) is 47.5 Å². The van der Waals surface area contributed by atoms with E-state index in [1.807, 2.05) is 33.0 Å². The van der Waals surface area contributed by atoms with Crippen LogP contribution in [0.25, 0.3) is 11.1 Å². The minimum atomic E-state index is -0.467. The molecule has 3 heterocycles. The number of nitrogens with zero attached hydrogens (tertiary/aromatic N) is 2. The van der Waals surface area contributed by atoms with Gasteiger partial charge in [0.05, 0.1) is 18.3 Å². The smallest absolute Gasteiger partial charge is 0.242 e. The van der Waals surface area contributed by atoms with Crippen molar-refractivity contribution in [2.75, 3.05) is 20.2 Å². The molecule has 2 fully saturated rings. The summed E-state index contributed by atoms with van der Waals surface area (Å²) in [5.74, 6) is 0.522. The maximum Gasteiger partial charge on any atom is 0.242 e. The molecular weight excluding hydrogens is 393 g/mol. The first-order valence-corrected chi connectivity index (χ1v) is 9.86. The van der Waals surface area contributed by atoms with Crippen LogP contribution in [0.5, 0.6) is 5.75 Å². The second-order valence-corrected chi connectivity index (χ2v) is 7.79. The number of rotatable bonds is 4. The highest BCUT2D eigenvalue weighted by molar-refractivity contribution is 5.88. The number of ether oxygens (including phenoxy) is 1. The van der Waals surface area contributed by atoms with Crippen LogP contribution in [0.4, 0.5) is 4.39 Å². The first-order chi connectivity index (χ1) is 13.4. The monoisotopic (exact) mass is 419 g/mol. The van der Waals surface area contributed by atoms with E-state index in [1.54, 1.807) is 17.0 Å². The number of aryl methyl sites for hydroxylation is 1. The largest absolute Gasteiger partial charge is 0.494 e. The third kappa shape index (κ3) is 3.96. The molecule has 1 aromatic heterocycles. The first-order valence-electron chi connectivity index (χ1n) is 9.86. The molecule has 2 aliphatic rings. The molecule has 29 heavy (non-hydrogen) atoms. The average molecular weight is 420 g/mol. The van der Waals surface area contributed by atoms with Crippen LogP contribution in [0.1, 0.15) is 43.6 Å². The molecule has 0 aliphatic carbocycles. The van der Waals surface area contributed by atoms with Crippen molar-refractivity contribution >= 4 is 18.3 Å². The first kappa shape index (κ1) is 21.5. The Labute approximate surface area is 177 Å². The zero-order chi connectivity index (χ0) is 19.9. The fourth-order valence-electron chi connectivity index (χ4n) is 4.40. The van der Waals surface area contributed by atoms with E-state index in [9.17, 15) is 9.18 Å². The summed E-state index contributed by atoms with van der Waals surface area (Å²) in [7, 11) is 1.85. The Balaban J connectivity index is 0.00000240. The fraction of sp³-hybridized carbons (Fsp3) is 0.455. The van der Waals surface area contributed by atoms with Crippen LogP contribution in [-0.4, -0.2) is 41.5 Å². The number of benzene rings is 1. The van der Waals surface area contributed by atoms with Crippen molar-refractivity contribution in [3.8, 4) is 16.9 Å². The molecule has 2 aliphatic heterocycles. The van der Waals surface area contributed by atoms with Crippen molar-refractivity contribution in [1.82, 2.24) is 15.2 Å². The van der Waals surface area contributed by atoms with Crippen LogP contribution in [0.2, 0.25) is 0 Å². The molecule has 0 radical (unpaired) electrons. The topological polar surface area (TPSA) is 54.5 Å². The molecule has 1 spiro atoms. The van der Waals surface area contributed by atoms with Gasteiger partial charge in [-0.3, -0.25) is 15.1 Å². The summed E-state index contributed by atoms with van der Waals surface area (Å²) < 4.78 is 20.1. The zero-order valence-electron chi connectivity index (χ0n) is 17.0. The lowest BCUT2D eigenvalue weighted by molar-refractivity contribution is -0.131. The molecular formula is C22H27ClFN3O2. The lowest BCUT2D eigenvalue weighted by atomic mass is 9.96. The van der Waals surface area contributed by atoms with Gasteiger partial charge in [0.25, 0.3) is 0 Å². The molecule has 0 saturated carbocycles. The molecule has 5 nitrogen and oxygen atoms in total. The van der Waals surface area contributed by atoms with Gasteiger partial charge in [-0.2, -0.15) is 0 Å². The molecule has 2 saturated heterocycles. The predicted molar refractivity (Wildman–Crippen MR) is 113 cm³/mol. The number of carbonyl (C=O) groups excluding carboxylic acids is 1. The minimum absolute atomic E-state index is 0.